The summed E-state index contributed by atoms with van der Waals surface area (Å²) in [4.78, 5) is 12.2. The number of carbonyl (C=O) groups excluding carboxylic acids is 1. The van der Waals surface area contributed by atoms with Crippen LogP contribution in [0.2, 0.25) is 0 Å². The quantitative estimate of drug-likeness (QED) is 0.806. The van der Waals surface area contributed by atoms with E-state index in [0.29, 0.717) is 18.3 Å². The highest BCUT2D eigenvalue weighted by atomic mass is 35.5. The maximum Gasteiger partial charge on any atom is 0.224 e. The maximum absolute atomic E-state index is 12.2. The Bertz CT molecular complexity index is 623. The van der Waals surface area contributed by atoms with E-state index in [1.54, 1.807) is 0 Å². The molecular formula is C15H22ClN5O. The van der Waals surface area contributed by atoms with Crippen LogP contribution in [0.3, 0.4) is 0 Å². The van der Waals surface area contributed by atoms with Gasteiger partial charge < -0.3 is 10.6 Å². The SMILES string of the molecule is CC(CC(=O)Nc1ccc2n[nH]nc2c1)C1CCCNC1.Cl. The van der Waals surface area contributed by atoms with Gasteiger partial charge in [-0.05, 0) is 56.0 Å². The van der Waals surface area contributed by atoms with Crippen LogP contribution in [-0.2, 0) is 4.79 Å². The summed E-state index contributed by atoms with van der Waals surface area (Å²) in [6.07, 6.45) is 2.98. The minimum atomic E-state index is 0. The molecule has 1 saturated heterocycles. The lowest BCUT2D eigenvalue weighted by Crippen LogP contribution is -2.34. The van der Waals surface area contributed by atoms with Gasteiger partial charge in [0.05, 0.1) is 0 Å². The highest BCUT2D eigenvalue weighted by Crippen LogP contribution is 2.23. The molecule has 2 heterocycles. The Hall–Kier alpha value is -1.66. The number of fused-ring (bicyclic) bond motifs is 1. The number of hydrogen-bond donors (Lipinski definition) is 3. The standard InChI is InChI=1S/C15H21N5O.ClH/c1-10(11-3-2-6-16-9-11)7-15(21)17-12-4-5-13-14(8-12)19-20-18-13;/h4-5,8,10-11,16H,2-3,6-7,9H2,1H3,(H,17,21)(H,18,19,20);1H. The van der Waals surface area contributed by atoms with Gasteiger partial charge >= 0.3 is 0 Å². The van der Waals surface area contributed by atoms with Gasteiger partial charge in [-0.2, -0.15) is 15.4 Å². The van der Waals surface area contributed by atoms with Crippen LogP contribution in [0, 0.1) is 11.8 Å². The van der Waals surface area contributed by atoms with Crippen molar-refractivity contribution >= 4 is 35.0 Å². The first kappa shape index (κ1) is 16.7. The average molecular weight is 324 g/mol. The molecule has 1 aliphatic heterocycles. The summed E-state index contributed by atoms with van der Waals surface area (Å²) < 4.78 is 0. The molecule has 1 amide bonds. The number of nitrogens with zero attached hydrogens (tertiary/aromatic N) is 2. The molecular weight excluding hydrogens is 302 g/mol. The van der Waals surface area contributed by atoms with E-state index in [-0.39, 0.29) is 18.3 Å². The molecule has 2 aromatic rings. The zero-order valence-electron chi connectivity index (χ0n) is 12.6. The summed E-state index contributed by atoms with van der Waals surface area (Å²) in [5.74, 6) is 1.06. The van der Waals surface area contributed by atoms with Crippen LogP contribution in [0.1, 0.15) is 26.2 Å². The summed E-state index contributed by atoms with van der Waals surface area (Å²) in [7, 11) is 0. The van der Waals surface area contributed by atoms with E-state index >= 15 is 0 Å². The smallest absolute Gasteiger partial charge is 0.224 e. The topological polar surface area (TPSA) is 82.7 Å². The lowest BCUT2D eigenvalue weighted by Gasteiger charge is -2.28. The molecule has 2 atom stereocenters. The number of H-pyrrole nitrogens is 1. The predicted octanol–water partition coefficient (Wildman–Crippen LogP) is 2.34. The van der Waals surface area contributed by atoms with Gasteiger partial charge in [0.15, 0.2) is 0 Å². The number of amides is 1. The summed E-state index contributed by atoms with van der Waals surface area (Å²) in [5, 5.41) is 17.0. The van der Waals surface area contributed by atoms with E-state index in [2.05, 4.69) is 33.0 Å². The Morgan fingerprint density at radius 3 is 3.00 bits per heavy atom. The third-order valence-electron chi connectivity index (χ3n) is 4.25. The second-order valence-electron chi connectivity index (χ2n) is 5.86. The molecule has 2 unspecified atom stereocenters. The normalized spacial score (nSPS) is 19.4. The van der Waals surface area contributed by atoms with E-state index in [1.807, 2.05) is 18.2 Å². The molecule has 0 spiro atoms. The first-order chi connectivity index (χ1) is 10.2. The third-order valence-corrected chi connectivity index (χ3v) is 4.25. The highest BCUT2D eigenvalue weighted by molar-refractivity contribution is 5.92. The molecule has 1 aromatic carbocycles. The molecule has 22 heavy (non-hydrogen) atoms. The Kier molecular flexibility index (Phi) is 5.74. The van der Waals surface area contributed by atoms with Gasteiger partial charge in [-0.15, -0.1) is 12.4 Å². The number of rotatable bonds is 4. The number of aromatic amines is 1. The maximum atomic E-state index is 12.2. The molecule has 6 nitrogen and oxygen atoms in total. The van der Waals surface area contributed by atoms with Crippen LogP contribution in [0.15, 0.2) is 18.2 Å². The third kappa shape index (κ3) is 3.96. The molecule has 1 aliphatic rings. The lowest BCUT2D eigenvalue weighted by atomic mass is 9.85. The van der Waals surface area contributed by atoms with Crippen molar-refractivity contribution in [3.05, 3.63) is 18.2 Å². The van der Waals surface area contributed by atoms with Crippen molar-refractivity contribution in [1.29, 1.82) is 0 Å². The summed E-state index contributed by atoms with van der Waals surface area (Å²) in [6, 6.07) is 5.54. The number of halogens is 1. The molecule has 0 bridgehead atoms. The fourth-order valence-electron chi connectivity index (χ4n) is 2.95. The number of carbonyl (C=O) groups is 1. The monoisotopic (exact) mass is 323 g/mol. The molecule has 3 N–H and O–H groups in total. The largest absolute Gasteiger partial charge is 0.326 e. The molecule has 7 heteroatoms. The van der Waals surface area contributed by atoms with Crippen LogP contribution in [-0.4, -0.2) is 34.4 Å². The second kappa shape index (κ2) is 7.56. The molecule has 120 valence electrons. The predicted molar refractivity (Wildman–Crippen MR) is 89.1 cm³/mol. The van der Waals surface area contributed by atoms with Crippen molar-refractivity contribution in [2.24, 2.45) is 11.8 Å². The Morgan fingerprint density at radius 2 is 2.23 bits per heavy atom. The van der Waals surface area contributed by atoms with Gasteiger partial charge in [-0.25, -0.2) is 0 Å². The van der Waals surface area contributed by atoms with Crippen LogP contribution in [0.25, 0.3) is 11.0 Å². The van der Waals surface area contributed by atoms with Gasteiger partial charge in [0.2, 0.25) is 5.91 Å². The van der Waals surface area contributed by atoms with Gasteiger partial charge in [-0.1, -0.05) is 6.92 Å². The number of hydrogen-bond acceptors (Lipinski definition) is 4. The first-order valence-corrected chi connectivity index (χ1v) is 7.53. The molecule has 0 aliphatic carbocycles. The Labute approximate surface area is 135 Å². The molecule has 0 radical (unpaired) electrons. The zero-order chi connectivity index (χ0) is 14.7. The number of anilines is 1. The molecule has 0 saturated carbocycles. The lowest BCUT2D eigenvalue weighted by molar-refractivity contribution is -0.117. The Balaban J connectivity index is 0.00000176. The molecule has 1 fully saturated rings. The van der Waals surface area contributed by atoms with E-state index < -0.39 is 0 Å². The first-order valence-electron chi connectivity index (χ1n) is 7.53. The van der Waals surface area contributed by atoms with Gasteiger partial charge in [0.1, 0.15) is 11.0 Å². The van der Waals surface area contributed by atoms with Gasteiger partial charge in [-0.3, -0.25) is 4.79 Å². The van der Waals surface area contributed by atoms with Crippen molar-refractivity contribution in [3.63, 3.8) is 0 Å². The van der Waals surface area contributed by atoms with Crippen molar-refractivity contribution in [2.75, 3.05) is 18.4 Å². The van der Waals surface area contributed by atoms with Crippen LogP contribution < -0.4 is 10.6 Å². The minimum absolute atomic E-state index is 0. The summed E-state index contributed by atoms with van der Waals surface area (Å²) >= 11 is 0. The van der Waals surface area contributed by atoms with E-state index in [1.165, 1.54) is 12.8 Å². The van der Waals surface area contributed by atoms with E-state index in [4.69, 9.17) is 0 Å². The number of aromatic nitrogens is 3. The number of nitrogens with one attached hydrogen (secondary N) is 3. The van der Waals surface area contributed by atoms with Crippen LogP contribution >= 0.6 is 12.4 Å². The van der Waals surface area contributed by atoms with E-state index in [9.17, 15) is 4.79 Å². The van der Waals surface area contributed by atoms with Gasteiger partial charge in [0, 0.05) is 12.1 Å². The molecule has 1 aromatic heterocycles. The fraction of sp³-hybridized carbons (Fsp3) is 0.533. The summed E-state index contributed by atoms with van der Waals surface area (Å²) in [5.41, 5.74) is 2.34. The number of piperidine rings is 1. The molecule has 3 rings (SSSR count). The Morgan fingerprint density at radius 1 is 1.41 bits per heavy atom. The van der Waals surface area contributed by atoms with Crippen molar-refractivity contribution < 1.29 is 4.79 Å². The van der Waals surface area contributed by atoms with Crippen molar-refractivity contribution in [1.82, 2.24) is 20.7 Å². The minimum Gasteiger partial charge on any atom is -0.326 e. The zero-order valence-corrected chi connectivity index (χ0v) is 13.4. The van der Waals surface area contributed by atoms with Crippen molar-refractivity contribution in [2.45, 2.75) is 26.2 Å². The van der Waals surface area contributed by atoms with E-state index in [0.717, 1.165) is 29.8 Å². The van der Waals surface area contributed by atoms with Crippen LogP contribution in [0.4, 0.5) is 5.69 Å². The van der Waals surface area contributed by atoms with Crippen LogP contribution in [0.5, 0.6) is 0 Å². The fourth-order valence-corrected chi connectivity index (χ4v) is 2.95. The van der Waals surface area contributed by atoms with Crippen molar-refractivity contribution in [3.8, 4) is 0 Å². The average Bonchev–Trinajstić information content (AvgIpc) is 2.95. The van der Waals surface area contributed by atoms with Gasteiger partial charge in [0.25, 0.3) is 0 Å². The summed E-state index contributed by atoms with van der Waals surface area (Å²) in [6.45, 7) is 4.30. The second-order valence-corrected chi connectivity index (χ2v) is 5.86. The highest BCUT2D eigenvalue weighted by Gasteiger charge is 2.22. The number of benzene rings is 1.